The summed E-state index contributed by atoms with van der Waals surface area (Å²) in [5.41, 5.74) is -0.385. The molecule has 10 heteroatoms. The van der Waals surface area contributed by atoms with Gasteiger partial charge in [0, 0.05) is 32.1 Å². The van der Waals surface area contributed by atoms with Gasteiger partial charge in [0.15, 0.2) is 5.79 Å². The summed E-state index contributed by atoms with van der Waals surface area (Å²) in [7, 11) is -3.86. The Labute approximate surface area is 217 Å². The minimum Gasteiger partial charge on any atom is -0.466 e. The van der Waals surface area contributed by atoms with Crippen molar-refractivity contribution in [2.75, 3.05) is 32.9 Å². The van der Waals surface area contributed by atoms with Crippen LogP contribution in [0.25, 0.3) is 0 Å². The maximum Gasteiger partial charge on any atom is 0.307 e. The topological polar surface area (TPSA) is 102 Å². The molecule has 3 fully saturated rings. The lowest BCUT2D eigenvalue weighted by Gasteiger charge is -2.49. The molecule has 5 rings (SSSR count). The summed E-state index contributed by atoms with van der Waals surface area (Å²) < 4.78 is 46.1. The van der Waals surface area contributed by atoms with Gasteiger partial charge in [0.1, 0.15) is 5.41 Å². The van der Waals surface area contributed by atoms with Crippen LogP contribution in [0, 0.1) is 5.41 Å². The van der Waals surface area contributed by atoms with Gasteiger partial charge in [-0.25, -0.2) is 8.42 Å². The Hall–Kier alpha value is -2.79. The van der Waals surface area contributed by atoms with Gasteiger partial charge in [0.2, 0.25) is 15.9 Å². The zero-order valence-corrected chi connectivity index (χ0v) is 21.7. The fourth-order valence-corrected chi connectivity index (χ4v) is 7.42. The predicted molar refractivity (Wildman–Crippen MR) is 134 cm³/mol. The number of esters is 1. The molecule has 2 spiro atoms. The van der Waals surface area contributed by atoms with Gasteiger partial charge in [-0.15, -0.1) is 0 Å². The SMILES string of the molecule is CCOC(=O)C[C@@H]1C[C@@]2(CN(S(=O)(=O)c3ccccc3)CCC23OCCO3)C(=O)N1Cc1ccccc1. The molecule has 3 aliphatic heterocycles. The Balaban J connectivity index is 1.54. The van der Waals surface area contributed by atoms with Crippen LogP contribution in [0.3, 0.4) is 0 Å². The molecule has 0 aliphatic carbocycles. The molecule has 3 heterocycles. The Kier molecular flexibility index (Phi) is 7.10. The second-order valence-corrected chi connectivity index (χ2v) is 11.7. The molecule has 0 unspecified atom stereocenters. The number of carbonyl (C=O) groups is 2. The highest BCUT2D eigenvalue weighted by atomic mass is 32.2. The fourth-order valence-electron chi connectivity index (χ4n) is 5.90. The van der Waals surface area contributed by atoms with Crippen LogP contribution >= 0.6 is 0 Å². The molecule has 0 saturated carbocycles. The first kappa shape index (κ1) is 25.8. The molecule has 0 aromatic heterocycles. The summed E-state index contributed by atoms with van der Waals surface area (Å²) in [6, 6.07) is 17.3. The van der Waals surface area contributed by atoms with Crippen LogP contribution in [0.4, 0.5) is 0 Å². The number of amides is 1. The summed E-state index contributed by atoms with van der Waals surface area (Å²) in [5.74, 6) is -1.91. The van der Waals surface area contributed by atoms with Gasteiger partial charge in [-0.05, 0) is 31.0 Å². The van der Waals surface area contributed by atoms with Crippen molar-refractivity contribution in [3.63, 3.8) is 0 Å². The second-order valence-electron chi connectivity index (χ2n) is 9.72. The average molecular weight is 529 g/mol. The first-order valence-corrected chi connectivity index (χ1v) is 14.1. The van der Waals surface area contributed by atoms with Gasteiger partial charge in [-0.2, -0.15) is 4.31 Å². The summed E-state index contributed by atoms with van der Waals surface area (Å²) >= 11 is 0. The van der Waals surface area contributed by atoms with E-state index >= 15 is 0 Å². The molecule has 2 atom stereocenters. The number of hydrogen-bond acceptors (Lipinski definition) is 7. The van der Waals surface area contributed by atoms with E-state index in [0.29, 0.717) is 13.2 Å². The van der Waals surface area contributed by atoms with Crippen molar-refractivity contribution in [2.45, 2.75) is 49.5 Å². The van der Waals surface area contributed by atoms with Crippen LogP contribution in [0.2, 0.25) is 0 Å². The molecular formula is C27H32N2O7S. The number of piperidine rings is 1. The molecule has 37 heavy (non-hydrogen) atoms. The third-order valence-electron chi connectivity index (χ3n) is 7.60. The van der Waals surface area contributed by atoms with Gasteiger partial charge in [-0.1, -0.05) is 48.5 Å². The van der Waals surface area contributed by atoms with Gasteiger partial charge in [0.25, 0.3) is 0 Å². The minimum atomic E-state index is -3.86. The lowest BCUT2D eigenvalue weighted by Crippen LogP contribution is -2.64. The quantitative estimate of drug-likeness (QED) is 0.509. The minimum absolute atomic E-state index is 0.00960. The van der Waals surface area contributed by atoms with Crippen molar-refractivity contribution < 1.29 is 32.2 Å². The molecule has 0 N–H and O–H groups in total. The van der Waals surface area contributed by atoms with Crippen LogP contribution < -0.4 is 0 Å². The van der Waals surface area contributed by atoms with Crippen molar-refractivity contribution in [3.8, 4) is 0 Å². The number of rotatable bonds is 7. The van der Waals surface area contributed by atoms with Gasteiger partial charge in [-0.3, -0.25) is 9.59 Å². The number of benzene rings is 2. The van der Waals surface area contributed by atoms with E-state index in [1.807, 2.05) is 30.3 Å². The van der Waals surface area contributed by atoms with Crippen molar-refractivity contribution in [1.29, 1.82) is 0 Å². The molecule has 3 aliphatic rings. The number of sulfonamides is 1. The van der Waals surface area contributed by atoms with Crippen LogP contribution in [-0.4, -0.2) is 74.2 Å². The zero-order chi connectivity index (χ0) is 26.1. The highest BCUT2D eigenvalue weighted by Gasteiger charge is 2.69. The van der Waals surface area contributed by atoms with E-state index in [1.54, 1.807) is 42.2 Å². The molecule has 1 amide bonds. The summed E-state index contributed by atoms with van der Waals surface area (Å²) in [6.07, 6.45) is 0.448. The van der Waals surface area contributed by atoms with Gasteiger partial charge in [0.05, 0.1) is 31.1 Å². The largest absolute Gasteiger partial charge is 0.466 e. The Bertz CT molecular complexity index is 1230. The molecule has 2 aromatic carbocycles. The zero-order valence-electron chi connectivity index (χ0n) is 20.9. The van der Waals surface area contributed by atoms with E-state index in [0.717, 1.165) is 5.56 Å². The van der Waals surface area contributed by atoms with E-state index in [9.17, 15) is 18.0 Å². The molecule has 198 valence electrons. The Morgan fingerprint density at radius 2 is 1.70 bits per heavy atom. The summed E-state index contributed by atoms with van der Waals surface area (Å²) in [4.78, 5) is 28.8. The second kappa shape index (κ2) is 10.2. The van der Waals surface area contributed by atoms with Crippen molar-refractivity contribution >= 4 is 21.9 Å². The first-order chi connectivity index (χ1) is 17.8. The van der Waals surface area contributed by atoms with E-state index in [-0.39, 0.29) is 56.3 Å². The molecule has 9 nitrogen and oxygen atoms in total. The van der Waals surface area contributed by atoms with Crippen LogP contribution in [-0.2, 0) is 40.4 Å². The van der Waals surface area contributed by atoms with E-state index < -0.39 is 33.2 Å². The maximum atomic E-state index is 14.4. The molecule has 0 bridgehead atoms. The smallest absolute Gasteiger partial charge is 0.307 e. The first-order valence-electron chi connectivity index (χ1n) is 12.6. The highest BCUT2D eigenvalue weighted by molar-refractivity contribution is 7.89. The number of ether oxygens (including phenoxy) is 3. The maximum absolute atomic E-state index is 14.4. The summed E-state index contributed by atoms with van der Waals surface area (Å²) in [6.45, 7) is 2.98. The Morgan fingerprint density at radius 3 is 2.35 bits per heavy atom. The van der Waals surface area contributed by atoms with Gasteiger partial charge >= 0.3 is 5.97 Å². The number of carbonyl (C=O) groups excluding carboxylic acids is 2. The standard InChI is InChI=1S/C27H32N2O7S/c1-2-34-24(30)17-22-18-26(25(31)29(22)19-21-9-5-3-6-10-21)20-28(14-13-27(26)35-15-16-36-27)37(32,33)23-11-7-4-8-12-23/h3-12,22H,2,13-20H2,1H3/t22-,26-/m1/s1. The lowest BCUT2D eigenvalue weighted by atomic mass is 9.72. The van der Waals surface area contributed by atoms with Crippen molar-refractivity contribution in [2.24, 2.45) is 5.41 Å². The fraction of sp³-hybridized carbons (Fsp3) is 0.481. The third kappa shape index (κ3) is 4.56. The molecule has 2 aromatic rings. The highest BCUT2D eigenvalue weighted by Crippen LogP contribution is 2.54. The Morgan fingerprint density at radius 1 is 1.05 bits per heavy atom. The van der Waals surface area contributed by atoms with Crippen LogP contribution in [0.1, 0.15) is 31.7 Å². The number of likely N-dealkylation sites (tertiary alicyclic amines) is 1. The van der Waals surface area contributed by atoms with E-state index in [1.165, 1.54) is 4.31 Å². The molecular weight excluding hydrogens is 496 g/mol. The summed E-state index contributed by atoms with van der Waals surface area (Å²) in [5, 5.41) is 0. The van der Waals surface area contributed by atoms with Gasteiger partial charge < -0.3 is 19.1 Å². The number of fused-ring (bicyclic) bond motifs is 1. The van der Waals surface area contributed by atoms with Crippen LogP contribution in [0.5, 0.6) is 0 Å². The predicted octanol–water partition coefficient (Wildman–Crippen LogP) is 2.56. The van der Waals surface area contributed by atoms with Crippen molar-refractivity contribution in [1.82, 2.24) is 9.21 Å². The number of hydrogen-bond donors (Lipinski definition) is 0. The van der Waals surface area contributed by atoms with Crippen molar-refractivity contribution in [3.05, 3.63) is 66.2 Å². The normalized spacial score (nSPS) is 25.7. The average Bonchev–Trinajstić information content (AvgIpc) is 3.47. The van der Waals surface area contributed by atoms with E-state index in [2.05, 4.69) is 0 Å². The van der Waals surface area contributed by atoms with Crippen LogP contribution in [0.15, 0.2) is 65.6 Å². The molecule has 3 saturated heterocycles. The number of nitrogens with zero attached hydrogens (tertiary/aromatic N) is 2. The monoisotopic (exact) mass is 528 g/mol. The lowest BCUT2D eigenvalue weighted by molar-refractivity contribution is -0.250. The third-order valence-corrected chi connectivity index (χ3v) is 9.46. The molecule has 0 radical (unpaired) electrons. The van der Waals surface area contributed by atoms with E-state index in [4.69, 9.17) is 14.2 Å².